The summed E-state index contributed by atoms with van der Waals surface area (Å²) in [4.78, 5) is 15.0. The summed E-state index contributed by atoms with van der Waals surface area (Å²) in [6.07, 6.45) is 4.21. The van der Waals surface area contributed by atoms with Gasteiger partial charge < -0.3 is 5.32 Å². The molecule has 0 saturated carbocycles. The average Bonchev–Trinajstić information content (AvgIpc) is 2.15. The zero-order chi connectivity index (χ0) is 9.68. The highest BCUT2D eigenvalue weighted by atomic mass is 16.1. The molecule has 0 aliphatic heterocycles. The molecule has 0 saturated heterocycles. The van der Waals surface area contributed by atoms with Crippen LogP contribution in [0.2, 0.25) is 0 Å². The fraction of sp³-hybridized carbons (Fsp3) is 0.400. The van der Waals surface area contributed by atoms with Gasteiger partial charge in [-0.25, -0.2) is 0 Å². The molecule has 0 fully saturated rings. The predicted octanol–water partition coefficient (Wildman–Crippen LogP) is 0.801. The fourth-order valence-corrected chi connectivity index (χ4v) is 1.20. The van der Waals surface area contributed by atoms with Crippen LogP contribution in [0, 0.1) is 0 Å². The number of ketones is 1. The molecule has 0 radical (unpaired) electrons. The van der Waals surface area contributed by atoms with Crippen LogP contribution in [0.15, 0.2) is 24.5 Å². The summed E-state index contributed by atoms with van der Waals surface area (Å²) in [6.45, 7) is 1.60. The summed E-state index contributed by atoms with van der Waals surface area (Å²) in [5.41, 5.74) is 1.13. The molecule has 1 rings (SSSR count). The van der Waals surface area contributed by atoms with Gasteiger partial charge in [0.15, 0.2) is 0 Å². The fourth-order valence-electron chi connectivity index (χ4n) is 1.20. The second-order valence-electron chi connectivity index (χ2n) is 3.01. The van der Waals surface area contributed by atoms with Gasteiger partial charge >= 0.3 is 0 Å². The van der Waals surface area contributed by atoms with E-state index in [4.69, 9.17) is 0 Å². The van der Waals surface area contributed by atoms with E-state index in [0.717, 1.165) is 12.0 Å². The van der Waals surface area contributed by atoms with Crippen molar-refractivity contribution in [1.82, 2.24) is 10.3 Å². The molecule has 1 heterocycles. The topological polar surface area (TPSA) is 42.0 Å². The summed E-state index contributed by atoms with van der Waals surface area (Å²) in [6, 6.07) is 3.77. The van der Waals surface area contributed by atoms with E-state index in [0.29, 0.717) is 0 Å². The van der Waals surface area contributed by atoms with Crippen molar-refractivity contribution in [3.63, 3.8) is 0 Å². The first-order valence-corrected chi connectivity index (χ1v) is 4.30. The lowest BCUT2D eigenvalue weighted by atomic mass is 10.0. The molecule has 0 aliphatic rings. The molecule has 1 aromatic heterocycles. The molecular formula is C10H14N2O. The van der Waals surface area contributed by atoms with E-state index in [1.54, 1.807) is 26.4 Å². The van der Waals surface area contributed by atoms with Gasteiger partial charge in [0.05, 0.1) is 6.04 Å². The van der Waals surface area contributed by atoms with Crippen molar-refractivity contribution < 1.29 is 4.79 Å². The van der Waals surface area contributed by atoms with Crippen molar-refractivity contribution in [3.8, 4) is 0 Å². The Morgan fingerprint density at radius 1 is 1.54 bits per heavy atom. The minimum Gasteiger partial charge on any atom is -0.310 e. The largest absolute Gasteiger partial charge is 0.310 e. The van der Waals surface area contributed by atoms with E-state index in [1.165, 1.54) is 0 Å². The maximum Gasteiger partial charge on any atom is 0.147 e. The third-order valence-corrected chi connectivity index (χ3v) is 2.03. The monoisotopic (exact) mass is 178 g/mol. The molecule has 0 amide bonds. The lowest BCUT2D eigenvalue weighted by Gasteiger charge is -2.11. The van der Waals surface area contributed by atoms with E-state index in [-0.39, 0.29) is 11.8 Å². The number of hydrogen-bond acceptors (Lipinski definition) is 3. The summed E-state index contributed by atoms with van der Waals surface area (Å²) >= 11 is 0. The predicted molar refractivity (Wildman–Crippen MR) is 51.5 cm³/mol. The van der Waals surface area contributed by atoms with Crippen LogP contribution in [0.5, 0.6) is 0 Å². The van der Waals surface area contributed by atoms with Crippen molar-refractivity contribution >= 4 is 5.78 Å². The normalized spacial score (nSPS) is 12.5. The summed E-state index contributed by atoms with van der Waals surface area (Å²) in [7, 11) is 1.80. The minimum absolute atomic E-state index is 0.0811. The molecule has 1 atom stereocenters. The molecule has 0 aromatic carbocycles. The average molecular weight is 178 g/mol. The number of pyridine rings is 1. The second-order valence-corrected chi connectivity index (χ2v) is 3.01. The van der Waals surface area contributed by atoms with Crippen LogP contribution < -0.4 is 5.32 Å². The highest BCUT2D eigenvalue weighted by molar-refractivity contribution is 5.81. The molecule has 0 spiro atoms. The van der Waals surface area contributed by atoms with Gasteiger partial charge in [-0.15, -0.1) is 0 Å². The van der Waals surface area contributed by atoms with E-state index in [9.17, 15) is 4.79 Å². The first kappa shape index (κ1) is 9.86. The Bertz CT molecular complexity index is 272. The summed E-state index contributed by atoms with van der Waals surface area (Å²) in [5, 5.41) is 2.98. The van der Waals surface area contributed by atoms with Crippen molar-refractivity contribution in [1.29, 1.82) is 0 Å². The quantitative estimate of drug-likeness (QED) is 0.741. The molecule has 1 N–H and O–H groups in total. The molecule has 0 bridgehead atoms. The zero-order valence-corrected chi connectivity index (χ0v) is 7.95. The number of hydrogen-bond donors (Lipinski definition) is 1. The van der Waals surface area contributed by atoms with Gasteiger partial charge in [0.25, 0.3) is 0 Å². The van der Waals surface area contributed by atoms with Crippen LogP contribution in [-0.2, 0) is 11.2 Å². The van der Waals surface area contributed by atoms with Crippen LogP contribution in [-0.4, -0.2) is 23.9 Å². The highest BCUT2D eigenvalue weighted by Gasteiger charge is 2.11. The zero-order valence-electron chi connectivity index (χ0n) is 7.95. The van der Waals surface area contributed by atoms with Crippen molar-refractivity contribution in [2.45, 2.75) is 19.4 Å². The van der Waals surface area contributed by atoms with Crippen LogP contribution in [0.4, 0.5) is 0 Å². The molecule has 1 aromatic rings. The van der Waals surface area contributed by atoms with Crippen molar-refractivity contribution in [2.24, 2.45) is 0 Å². The van der Waals surface area contributed by atoms with E-state index in [2.05, 4.69) is 10.3 Å². The molecular weight excluding hydrogens is 164 g/mol. The Labute approximate surface area is 78.2 Å². The first-order valence-electron chi connectivity index (χ1n) is 4.30. The summed E-state index contributed by atoms with van der Waals surface area (Å²) < 4.78 is 0. The van der Waals surface area contributed by atoms with Gasteiger partial charge in [0.2, 0.25) is 0 Å². The van der Waals surface area contributed by atoms with Crippen molar-refractivity contribution in [2.75, 3.05) is 7.05 Å². The SMILES string of the molecule is CNC(Cc1ccncc1)C(C)=O. The maximum atomic E-state index is 11.1. The molecule has 70 valence electrons. The van der Waals surface area contributed by atoms with Gasteiger partial charge in [-0.3, -0.25) is 9.78 Å². The minimum atomic E-state index is -0.0811. The standard InChI is InChI=1S/C10H14N2O/c1-8(13)10(11-2)7-9-3-5-12-6-4-9/h3-6,10-11H,7H2,1-2H3. The van der Waals surface area contributed by atoms with Crippen molar-refractivity contribution in [3.05, 3.63) is 30.1 Å². The molecule has 13 heavy (non-hydrogen) atoms. The Kier molecular flexibility index (Phi) is 3.58. The molecule has 0 aliphatic carbocycles. The molecule has 1 unspecified atom stereocenters. The lowest BCUT2D eigenvalue weighted by Crippen LogP contribution is -2.34. The molecule has 3 nitrogen and oxygen atoms in total. The summed E-state index contributed by atoms with van der Waals surface area (Å²) in [5.74, 6) is 0.166. The first-order chi connectivity index (χ1) is 6.24. The third kappa shape index (κ3) is 2.95. The second kappa shape index (κ2) is 4.72. The molecule has 3 heteroatoms. The maximum absolute atomic E-state index is 11.1. The van der Waals surface area contributed by atoms with Gasteiger partial charge in [0.1, 0.15) is 5.78 Å². The number of likely N-dealkylation sites (N-methyl/N-ethyl adjacent to an activating group) is 1. The number of nitrogens with zero attached hydrogens (tertiary/aromatic N) is 1. The van der Waals surface area contributed by atoms with E-state index >= 15 is 0 Å². The van der Waals surface area contributed by atoms with E-state index in [1.807, 2.05) is 12.1 Å². The van der Waals surface area contributed by atoms with Crippen LogP contribution in [0.1, 0.15) is 12.5 Å². The Balaban J connectivity index is 2.62. The third-order valence-electron chi connectivity index (χ3n) is 2.03. The van der Waals surface area contributed by atoms with Crippen LogP contribution in [0.3, 0.4) is 0 Å². The number of nitrogens with one attached hydrogen (secondary N) is 1. The Morgan fingerprint density at radius 2 is 2.15 bits per heavy atom. The van der Waals surface area contributed by atoms with Gasteiger partial charge in [-0.1, -0.05) is 0 Å². The number of carbonyl (C=O) groups excluding carboxylic acids is 1. The number of rotatable bonds is 4. The Morgan fingerprint density at radius 3 is 2.62 bits per heavy atom. The Hall–Kier alpha value is -1.22. The smallest absolute Gasteiger partial charge is 0.147 e. The number of carbonyl (C=O) groups is 1. The number of Topliss-reactive ketones (excluding diaryl/α,β-unsaturated/α-hetero) is 1. The number of aromatic nitrogens is 1. The highest BCUT2D eigenvalue weighted by Crippen LogP contribution is 2.01. The van der Waals surface area contributed by atoms with Crippen LogP contribution >= 0.6 is 0 Å². The van der Waals surface area contributed by atoms with Gasteiger partial charge in [0, 0.05) is 12.4 Å². The van der Waals surface area contributed by atoms with Gasteiger partial charge in [-0.05, 0) is 38.1 Å². The van der Waals surface area contributed by atoms with Crippen LogP contribution in [0.25, 0.3) is 0 Å². The van der Waals surface area contributed by atoms with E-state index < -0.39 is 0 Å². The lowest BCUT2D eigenvalue weighted by molar-refractivity contribution is -0.118. The van der Waals surface area contributed by atoms with Gasteiger partial charge in [-0.2, -0.15) is 0 Å².